The first-order valence-corrected chi connectivity index (χ1v) is 5.81. The monoisotopic (exact) mass is 266 g/mol. The first kappa shape index (κ1) is 13.3. The Morgan fingerprint density at radius 3 is 2.32 bits per heavy atom. The van der Waals surface area contributed by atoms with Crippen LogP contribution in [0.2, 0.25) is 0 Å². The lowest BCUT2D eigenvalue weighted by atomic mass is 10.2. The largest absolute Gasteiger partial charge is 0.395 e. The third-order valence-corrected chi connectivity index (χ3v) is 2.82. The average molecular weight is 266 g/mol. The molecule has 2 rings (SSSR count). The fourth-order valence-electron chi connectivity index (χ4n) is 1.94. The molecule has 5 heteroatoms. The maximum absolute atomic E-state index is 13.8. The SMILES string of the molecule is CCN(c1ccccc1F)c1cc(F)cc(F)c1N. The van der Waals surface area contributed by atoms with Crippen molar-refractivity contribution >= 4 is 17.1 Å². The molecule has 0 fully saturated rings. The van der Waals surface area contributed by atoms with Crippen molar-refractivity contribution in [2.45, 2.75) is 6.92 Å². The lowest BCUT2D eigenvalue weighted by Gasteiger charge is -2.25. The lowest BCUT2D eigenvalue weighted by Crippen LogP contribution is -2.19. The second-order valence-corrected chi connectivity index (χ2v) is 4.02. The lowest BCUT2D eigenvalue weighted by molar-refractivity contribution is 0.585. The number of nitrogens with two attached hydrogens (primary N) is 1. The van der Waals surface area contributed by atoms with E-state index in [1.807, 2.05) is 0 Å². The third kappa shape index (κ3) is 2.50. The highest BCUT2D eigenvalue weighted by molar-refractivity contribution is 5.75. The van der Waals surface area contributed by atoms with Gasteiger partial charge in [0.25, 0.3) is 0 Å². The van der Waals surface area contributed by atoms with Crippen molar-refractivity contribution in [1.29, 1.82) is 0 Å². The van der Waals surface area contributed by atoms with Gasteiger partial charge in [0, 0.05) is 12.6 Å². The zero-order valence-electron chi connectivity index (χ0n) is 10.3. The first-order valence-electron chi connectivity index (χ1n) is 5.81. The number of anilines is 3. The number of nitrogen functional groups attached to an aromatic ring is 1. The zero-order valence-corrected chi connectivity index (χ0v) is 10.3. The number of hydrogen-bond donors (Lipinski definition) is 1. The quantitative estimate of drug-likeness (QED) is 0.855. The van der Waals surface area contributed by atoms with Gasteiger partial charge in [-0.25, -0.2) is 13.2 Å². The predicted octanol–water partition coefficient (Wildman–Crippen LogP) is 3.84. The summed E-state index contributed by atoms with van der Waals surface area (Å²) in [4.78, 5) is 1.43. The normalized spacial score (nSPS) is 10.5. The summed E-state index contributed by atoms with van der Waals surface area (Å²) >= 11 is 0. The molecule has 0 saturated heterocycles. The van der Waals surface area contributed by atoms with E-state index in [4.69, 9.17) is 5.73 Å². The van der Waals surface area contributed by atoms with E-state index in [0.717, 1.165) is 6.07 Å². The highest BCUT2D eigenvalue weighted by atomic mass is 19.1. The maximum Gasteiger partial charge on any atom is 0.151 e. The third-order valence-electron chi connectivity index (χ3n) is 2.82. The van der Waals surface area contributed by atoms with E-state index in [2.05, 4.69) is 0 Å². The van der Waals surface area contributed by atoms with Crippen LogP contribution in [-0.4, -0.2) is 6.54 Å². The Balaban J connectivity index is 2.58. The Hall–Kier alpha value is -2.17. The standard InChI is InChI=1S/C14H13F3N2/c1-2-19(12-6-4-3-5-10(12)16)13-8-9(15)7-11(17)14(13)18/h3-8H,2,18H2,1H3. The van der Waals surface area contributed by atoms with E-state index in [1.54, 1.807) is 19.1 Å². The first-order chi connectivity index (χ1) is 9.04. The van der Waals surface area contributed by atoms with Gasteiger partial charge in [0.15, 0.2) is 5.82 Å². The number of nitrogens with zero attached hydrogens (tertiary/aromatic N) is 1. The van der Waals surface area contributed by atoms with Crippen LogP contribution in [0.1, 0.15) is 6.92 Å². The van der Waals surface area contributed by atoms with Gasteiger partial charge in [0.05, 0.1) is 17.1 Å². The van der Waals surface area contributed by atoms with Crippen molar-refractivity contribution in [1.82, 2.24) is 0 Å². The molecule has 0 unspecified atom stereocenters. The van der Waals surface area contributed by atoms with Crippen molar-refractivity contribution < 1.29 is 13.2 Å². The van der Waals surface area contributed by atoms with Crippen LogP contribution in [0.3, 0.4) is 0 Å². The van der Waals surface area contributed by atoms with Gasteiger partial charge in [0.1, 0.15) is 11.6 Å². The Morgan fingerprint density at radius 1 is 1.00 bits per heavy atom. The number of halogens is 3. The van der Waals surface area contributed by atoms with Crippen LogP contribution in [0.15, 0.2) is 36.4 Å². The van der Waals surface area contributed by atoms with Gasteiger partial charge in [-0.15, -0.1) is 0 Å². The van der Waals surface area contributed by atoms with E-state index in [1.165, 1.54) is 17.0 Å². The van der Waals surface area contributed by atoms with Crippen LogP contribution >= 0.6 is 0 Å². The molecule has 2 aromatic rings. The minimum absolute atomic E-state index is 0.116. The molecule has 0 aliphatic heterocycles. The summed E-state index contributed by atoms with van der Waals surface area (Å²) in [6, 6.07) is 7.79. The second-order valence-electron chi connectivity index (χ2n) is 4.02. The van der Waals surface area contributed by atoms with Crippen LogP contribution in [0.25, 0.3) is 0 Å². The van der Waals surface area contributed by atoms with Gasteiger partial charge in [-0.05, 0) is 25.1 Å². The van der Waals surface area contributed by atoms with Crippen molar-refractivity contribution in [3.63, 3.8) is 0 Å². The highest BCUT2D eigenvalue weighted by Gasteiger charge is 2.17. The number of benzene rings is 2. The molecule has 0 heterocycles. The molecule has 2 N–H and O–H groups in total. The predicted molar refractivity (Wildman–Crippen MR) is 69.9 cm³/mol. The van der Waals surface area contributed by atoms with Gasteiger partial charge in [-0.3, -0.25) is 0 Å². The summed E-state index contributed by atoms with van der Waals surface area (Å²) in [5.74, 6) is -2.09. The topological polar surface area (TPSA) is 29.3 Å². The van der Waals surface area contributed by atoms with Crippen molar-refractivity contribution in [2.75, 3.05) is 17.2 Å². The van der Waals surface area contributed by atoms with E-state index < -0.39 is 17.5 Å². The molecule has 0 aliphatic rings. The fraction of sp³-hybridized carbons (Fsp3) is 0.143. The highest BCUT2D eigenvalue weighted by Crippen LogP contribution is 2.33. The number of rotatable bonds is 3. The molecule has 0 saturated carbocycles. The molecule has 0 aromatic heterocycles. The van der Waals surface area contributed by atoms with Crippen molar-refractivity contribution in [3.05, 3.63) is 53.8 Å². The summed E-state index contributed by atoms with van der Waals surface area (Å²) in [5, 5.41) is 0. The molecule has 0 amide bonds. The number of para-hydroxylation sites is 1. The summed E-state index contributed by atoms with van der Waals surface area (Å²) < 4.78 is 40.5. The molecule has 0 radical (unpaired) electrons. The Morgan fingerprint density at radius 2 is 1.68 bits per heavy atom. The number of hydrogen-bond acceptors (Lipinski definition) is 2. The van der Waals surface area contributed by atoms with Gasteiger partial charge < -0.3 is 10.6 Å². The van der Waals surface area contributed by atoms with E-state index >= 15 is 0 Å². The zero-order chi connectivity index (χ0) is 14.0. The van der Waals surface area contributed by atoms with Crippen LogP contribution in [-0.2, 0) is 0 Å². The van der Waals surface area contributed by atoms with Crippen molar-refractivity contribution in [3.8, 4) is 0 Å². The minimum atomic E-state index is -0.857. The molecular weight excluding hydrogens is 253 g/mol. The fourth-order valence-corrected chi connectivity index (χ4v) is 1.94. The van der Waals surface area contributed by atoms with Gasteiger partial charge >= 0.3 is 0 Å². The molecule has 0 bridgehead atoms. The summed E-state index contributed by atoms with van der Waals surface area (Å²) in [5.41, 5.74) is 5.75. The second kappa shape index (κ2) is 5.22. The molecule has 0 atom stereocenters. The van der Waals surface area contributed by atoms with E-state index in [9.17, 15) is 13.2 Å². The van der Waals surface area contributed by atoms with Crippen molar-refractivity contribution in [2.24, 2.45) is 0 Å². The molecule has 2 aromatic carbocycles. The molecular formula is C14H13F3N2. The van der Waals surface area contributed by atoms with Gasteiger partial charge in [-0.1, -0.05) is 12.1 Å². The Kier molecular flexibility index (Phi) is 3.64. The summed E-state index contributed by atoms with van der Waals surface area (Å²) in [6.45, 7) is 2.07. The summed E-state index contributed by atoms with van der Waals surface area (Å²) in [6.07, 6.45) is 0. The smallest absolute Gasteiger partial charge is 0.151 e. The van der Waals surface area contributed by atoms with E-state index in [-0.39, 0.29) is 17.1 Å². The van der Waals surface area contributed by atoms with E-state index in [0.29, 0.717) is 12.6 Å². The average Bonchev–Trinajstić information content (AvgIpc) is 2.38. The molecule has 0 spiro atoms. The maximum atomic E-state index is 13.8. The Labute approximate surface area is 109 Å². The van der Waals surface area contributed by atoms with Crippen LogP contribution in [0.4, 0.5) is 30.2 Å². The van der Waals surface area contributed by atoms with Crippen LogP contribution in [0.5, 0.6) is 0 Å². The molecule has 100 valence electrons. The Bertz CT molecular complexity index is 599. The molecule has 2 nitrogen and oxygen atoms in total. The van der Waals surface area contributed by atoms with Crippen LogP contribution in [0, 0.1) is 17.5 Å². The van der Waals surface area contributed by atoms with Gasteiger partial charge in [0.2, 0.25) is 0 Å². The molecule has 19 heavy (non-hydrogen) atoms. The molecule has 0 aliphatic carbocycles. The van der Waals surface area contributed by atoms with Gasteiger partial charge in [-0.2, -0.15) is 0 Å². The minimum Gasteiger partial charge on any atom is -0.395 e. The summed E-state index contributed by atoms with van der Waals surface area (Å²) in [7, 11) is 0. The van der Waals surface area contributed by atoms with Crippen LogP contribution < -0.4 is 10.6 Å².